The zero-order valence-electron chi connectivity index (χ0n) is 11.2. The number of likely N-dealkylation sites (N-methyl/N-ethyl adjacent to an activating group) is 1. The van der Waals surface area contributed by atoms with Crippen molar-refractivity contribution in [3.63, 3.8) is 0 Å². The topological polar surface area (TPSA) is 49.4 Å². The molecule has 9 heteroatoms. The third kappa shape index (κ3) is 3.88. The highest BCUT2D eigenvalue weighted by Gasteiger charge is 2.33. The predicted molar refractivity (Wildman–Crippen MR) is 74.9 cm³/mol. The maximum Gasteiger partial charge on any atom is 0.416 e. The molecule has 0 aliphatic carbocycles. The molecule has 1 saturated heterocycles. The van der Waals surface area contributed by atoms with E-state index in [2.05, 4.69) is 5.32 Å². The van der Waals surface area contributed by atoms with Crippen LogP contribution in [0.1, 0.15) is 12.0 Å². The average molecular weight is 345 g/mol. The van der Waals surface area contributed by atoms with E-state index in [-0.39, 0.29) is 23.3 Å². The highest BCUT2D eigenvalue weighted by atomic mass is 35.5. The Kier molecular flexibility index (Phi) is 5.65. The lowest BCUT2D eigenvalue weighted by Gasteiger charge is -2.23. The fraction of sp³-hybridized carbons (Fsp3) is 0.500. The molecule has 4 nitrogen and oxygen atoms in total. The van der Waals surface area contributed by atoms with Crippen LogP contribution < -0.4 is 5.32 Å². The largest absolute Gasteiger partial charge is 0.416 e. The number of sulfonamides is 1. The summed E-state index contributed by atoms with van der Waals surface area (Å²) in [6, 6.07) is 3.40. The molecule has 21 heavy (non-hydrogen) atoms. The number of benzene rings is 1. The van der Waals surface area contributed by atoms with Crippen LogP contribution in [0.15, 0.2) is 29.2 Å². The van der Waals surface area contributed by atoms with Crippen molar-refractivity contribution < 1.29 is 21.6 Å². The number of nitrogens with zero attached hydrogens (tertiary/aromatic N) is 1. The molecule has 0 spiro atoms. The number of hydrogen-bond donors (Lipinski definition) is 1. The van der Waals surface area contributed by atoms with E-state index in [1.54, 1.807) is 0 Å². The smallest absolute Gasteiger partial charge is 0.315 e. The lowest BCUT2D eigenvalue weighted by Crippen LogP contribution is -2.38. The van der Waals surface area contributed by atoms with Crippen molar-refractivity contribution in [2.24, 2.45) is 0 Å². The fourth-order valence-electron chi connectivity index (χ4n) is 2.13. The first-order chi connectivity index (χ1) is 9.23. The van der Waals surface area contributed by atoms with Crippen LogP contribution in [0.3, 0.4) is 0 Å². The van der Waals surface area contributed by atoms with Gasteiger partial charge in [0.25, 0.3) is 0 Å². The average Bonchev–Trinajstić information content (AvgIpc) is 2.90. The monoisotopic (exact) mass is 344 g/mol. The molecule has 1 aliphatic heterocycles. The maximum atomic E-state index is 12.5. The van der Waals surface area contributed by atoms with Crippen LogP contribution in [-0.2, 0) is 16.2 Å². The molecule has 1 aliphatic rings. The Labute approximate surface area is 127 Å². The summed E-state index contributed by atoms with van der Waals surface area (Å²) < 4.78 is 63.2. The number of alkyl halides is 3. The number of nitrogens with one attached hydrogen (secondary N) is 1. The van der Waals surface area contributed by atoms with Gasteiger partial charge in [0.15, 0.2) is 0 Å². The molecule has 1 N–H and O–H groups in total. The predicted octanol–water partition coefficient (Wildman–Crippen LogP) is 2.11. The molecule has 1 atom stereocenters. The summed E-state index contributed by atoms with van der Waals surface area (Å²) in [5.74, 6) is 0. The van der Waals surface area contributed by atoms with Crippen LogP contribution >= 0.6 is 12.4 Å². The molecule has 1 heterocycles. The van der Waals surface area contributed by atoms with Gasteiger partial charge in [-0.15, -0.1) is 12.4 Å². The molecular weight excluding hydrogens is 329 g/mol. The van der Waals surface area contributed by atoms with Gasteiger partial charge in [-0.05, 0) is 37.2 Å². The molecule has 1 unspecified atom stereocenters. The van der Waals surface area contributed by atoms with Crippen molar-refractivity contribution in [2.75, 3.05) is 20.1 Å². The van der Waals surface area contributed by atoms with E-state index in [1.807, 2.05) is 0 Å². The van der Waals surface area contributed by atoms with Crippen molar-refractivity contribution >= 4 is 22.4 Å². The van der Waals surface area contributed by atoms with Crippen LogP contribution in [-0.4, -0.2) is 38.9 Å². The van der Waals surface area contributed by atoms with Gasteiger partial charge >= 0.3 is 6.18 Å². The lowest BCUT2D eigenvalue weighted by atomic mass is 10.2. The third-order valence-corrected chi connectivity index (χ3v) is 5.33. The van der Waals surface area contributed by atoms with E-state index in [4.69, 9.17) is 0 Å². The van der Waals surface area contributed by atoms with Gasteiger partial charge in [-0.2, -0.15) is 17.5 Å². The minimum absolute atomic E-state index is 0. The standard InChI is InChI=1S/C12H15F3N2O2S.ClH/c1-17(10-6-7-16-8-10)20(18,19)11-4-2-9(3-5-11)12(13,14)15;/h2-5,10,16H,6-8H2,1H3;1H. The Morgan fingerprint density at radius 1 is 1.24 bits per heavy atom. The minimum Gasteiger partial charge on any atom is -0.315 e. The highest BCUT2D eigenvalue weighted by molar-refractivity contribution is 7.89. The van der Waals surface area contributed by atoms with Gasteiger partial charge in [0.1, 0.15) is 0 Å². The number of hydrogen-bond acceptors (Lipinski definition) is 3. The van der Waals surface area contributed by atoms with Gasteiger partial charge in [-0.1, -0.05) is 0 Å². The van der Waals surface area contributed by atoms with Crippen molar-refractivity contribution in [2.45, 2.75) is 23.5 Å². The van der Waals surface area contributed by atoms with Gasteiger partial charge in [0.2, 0.25) is 10.0 Å². The summed E-state index contributed by atoms with van der Waals surface area (Å²) in [6.07, 6.45) is -3.78. The minimum atomic E-state index is -4.47. The van der Waals surface area contributed by atoms with Crippen LogP contribution in [0, 0.1) is 0 Å². The van der Waals surface area contributed by atoms with E-state index in [0.717, 1.165) is 30.8 Å². The zero-order valence-corrected chi connectivity index (χ0v) is 12.9. The molecular formula is C12H16ClF3N2O2S. The Bertz CT molecular complexity index is 569. The maximum absolute atomic E-state index is 12.5. The summed E-state index contributed by atoms with van der Waals surface area (Å²) in [6.45, 7) is 1.29. The number of halogens is 4. The van der Waals surface area contributed by atoms with Gasteiger partial charge in [-0.25, -0.2) is 8.42 Å². The molecule has 0 bridgehead atoms. The van der Waals surface area contributed by atoms with Crippen LogP contribution in [0.5, 0.6) is 0 Å². The van der Waals surface area contributed by atoms with Gasteiger partial charge in [0, 0.05) is 19.6 Å². The summed E-state index contributed by atoms with van der Waals surface area (Å²) in [5, 5.41) is 3.05. The van der Waals surface area contributed by atoms with Crippen LogP contribution in [0.2, 0.25) is 0 Å². The molecule has 0 aromatic heterocycles. The van der Waals surface area contributed by atoms with E-state index in [1.165, 1.54) is 11.4 Å². The highest BCUT2D eigenvalue weighted by Crippen LogP contribution is 2.30. The van der Waals surface area contributed by atoms with E-state index < -0.39 is 21.8 Å². The van der Waals surface area contributed by atoms with Gasteiger partial charge in [0.05, 0.1) is 10.5 Å². The Morgan fingerprint density at radius 3 is 2.24 bits per heavy atom. The van der Waals surface area contributed by atoms with Crippen LogP contribution in [0.4, 0.5) is 13.2 Å². The molecule has 2 rings (SSSR count). The molecule has 0 radical (unpaired) electrons. The van der Waals surface area contributed by atoms with Crippen molar-refractivity contribution in [1.29, 1.82) is 0 Å². The van der Waals surface area contributed by atoms with Crippen LogP contribution in [0.25, 0.3) is 0 Å². The molecule has 1 aromatic rings. The van der Waals surface area contributed by atoms with E-state index >= 15 is 0 Å². The first-order valence-corrected chi connectivity index (χ1v) is 7.53. The second-order valence-corrected chi connectivity index (χ2v) is 6.69. The fourth-order valence-corrected chi connectivity index (χ4v) is 3.51. The first-order valence-electron chi connectivity index (χ1n) is 6.09. The SMILES string of the molecule is CN(C1CCNC1)S(=O)(=O)c1ccc(C(F)(F)F)cc1.Cl. The normalized spacial score (nSPS) is 19.6. The molecule has 1 aromatic carbocycles. The van der Waals surface area contributed by atoms with E-state index in [0.29, 0.717) is 13.0 Å². The Morgan fingerprint density at radius 2 is 1.81 bits per heavy atom. The van der Waals surface area contributed by atoms with Crippen molar-refractivity contribution in [1.82, 2.24) is 9.62 Å². The molecule has 1 fully saturated rings. The molecule has 120 valence electrons. The second-order valence-electron chi connectivity index (χ2n) is 4.69. The van der Waals surface area contributed by atoms with Gasteiger partial charge in [-0.3, -0.25) is 0 Å². The summed E-state index contributed by atoms with van der Waals surface area (Å²) in [4.78, 5) is -0.125. The van der Waals surface area contributed by atoms with Crippen molar-refractivity contribution in [3.05, 3.63) is 29.8 Å². The van der Waals surface area contributed by atoms with Crippen molar-refractivity contribution in [3.8, 4) is 0 Å². The summed E-state index contributed by atoms with van der Waals surface area (Å²) in [7, 11) is -2.31. The number of rotatable bonds is 3. The zero-order chi connectivity index (χ0) is 15.0. The molecule has 0 saturated carbocycles. The van der Waals surface area contributed by atoms with Gasteiger partial charge < -0.3 is 5.32 Å². The third-order valence-electron chi connectivity index (χ3n) is 3.41. The van der Waals surface area contributed by atoms with E-state index in [9.17, 15) is 21.6 Å². The Hall–Kier alpha value is -0.830. The summed E-state index contributed by atoms with van der Waals surface area (Å²) in [5.41, 5.74) is -0.860. The lowest BCUT2D eigenvalue weighted by molar-refractivity contribution is -0.137. The second kappa shape index (κ2) is 6.51. The Balaban J connectivity index is 0.00000220. The molecule has 0 amide bonds. The quantitative estimate of drug-likeness (QED) is 0.913. The summed E-state index contributed by atoms with van der Waals surface area (Å²) >= 11 is 0. The first kappa shape index (κ1) is 18.2.